The summed E-state index contributed by atoms with van der Waals surface area (Å²) >= 11 is 1.52. The van der Waals surface area contributed by atoms with Crippen LogP contribution in [0.25, 0.3) is 0 Å². The third-order valence-corrected chi connectivity index (χ3v) is 2.36. The molecule has 0 aliphatic heterocycles. The van der Waals surface area contributed by atoms with Crippen molar-refractivity contribution in [1.82, 2.24) is 0 Å². The minimum Gasteiger partial charge on any atom is -0.507 e. The van der Waals surface area contributed by atoms with E-state index in [0.717, 1.165) is 4.90 Å². The molecule has 1 N–H and O–H groups in total. The van der Waals surface area contributed by atoms with Crippen molar-refractivity contribution in [2.75, 3.05) is 6.26 Å². The van der Waals surface area contributed by atoms with Crippen LogP contribution in [0.3, 0.4) is 0 Å². The van der Waals surface area contributed by atoms with Crippen LogP contribution < -0.4 is 4.74 Å². The number of hydrogen-bond acceptors (Lipinski definition) is 3. The molecule has 0 amide bonds. The molecule has 1 rings (SSSR count). The zero-order valence-electron chi connectivity index (χ0n) is 9.00. The molecule has 0 saturated carbocycles. The first kappa shape index (κ1) is 11.2. The molecule has 1 aromatic carbocycles. The molecular formula is C11H16O2S. The molecule has 0 heterocycles. The molecule has 78 valence electrons. The van der Waals surface area contributed by atoms with E-state index in [1.807, 2.05) is 39.2 Å². The highest BCUT2D eigenvalue weighted by Crippen LogP contribution is 2.31. The Hall–Kier alpha value is -0.830. The molecule has 0 aliphatic carbocycles. The van der Waals surface area contributed by atoms with Gasteiger partial charge < -0.3 is 9.84 Å². The first-order valence-electron chi connectivity index (χ1n) is 4.48. The van der Waals surface area contributed by atoms with Crippen LogP contribution in [0.2, 0.25) is 0 Å². The lowest BCUT2D eigenvalue weighted by Crippen LogP contribution is -2.22. The standard InChI is InChI=1S/C11H16O2S/c1-11(2,3)13-8-5-6-10(14-4)9(12)7-8/h5-7,12H,1-4H3. The fourth-order valence-electron chi connectivity index (χ4n) is 1.09. The summed E-state index contributed by atoms with van der Waals surface area (Å²) in [5.74, 6) is 0.979. The molecule has 0 bridgehead atoms. The molecule has 0 fully saturated rings. The Morgan fingerprint density at radius 1 is 1.29 bits per heavy atom. The normalized spacial score (nSPS) is 11.4. The van der Waals surface area contributed by atoms with Gasteiger partial charge in [0.25, 0.3) is 0 Å². The van der Waals surface area contributed by atoms with E-state index in [0.29, 0.717) is 5.75 Å². The van der Waals surface area contributed by atoms with Gasteiger partial charge in [-0.2, -0.15) is 0 Å². The number of aromatic hydroxyl groups is 1. The van der Waals surface area contributed by atoms with Crippen LogP contribution in [0.4, 0.5) is 0 Å². The van der Waals surface area contributed by atoms with Gasteiger partial charge >= 0.3 is 0 Å². The second kappa shape index (κ2) is 4.13. The maximum absolute atomic E-state index is 9.59. The van der Waals surface area contributed by atoms with Gasteiger partial charge in [-0.3, -0.25) is 0 Å². The van der Waals surface area contributed by atoms with Crippen LogP contribution in [0.1, 0.15) is 20.8 Å². The Bertz CT molecular complexity index is 316. The number of rotatable bonds is 2. The average molecular weight is 212 g/mol. The first-order chi connectivity index (χ1) is 6.42. The Morgan fingerprint density at radius 2 is 1.93 bits per heavy atom. The van der Waals surface area contributed by atoms with Crippen molar-refractivity contribution in [3.05, 3.63) is 18.2 Å². The minimum absolute atomic E-state index is 0.229. The van der Waals surface area contributed by atoms with E-state index in [1.54, 1.807) is 6.07 Å². The SMILES string of the molecule is CSc1ccc(OC(C)(C)C)cc1O. The van der Waals surface area contributed by atoms with Crippen LogP contribution >= 0.6 is 11.8 Å². The molecule has 0 spiro atoms. The summed E-state index contributed by atoms with van der Waals surface area (Å²) in [5, 5.41) is 9.59. The van der Waals surface area contributed by atoms with Gasteiger partial charge in [0.1, 0.15) is 17.1 Å². The van der Waals surface area contributed by atoms with Gasteiger partial charge in [0.2, 0.25) is 0 Å². The van der Waals surface area contributed by atoms with E-state index < -0.39 is 0 Å². The Morgan fingerprint density at radius 3 is 2.36 bits per heavy atom. The summed E-state index contributed by atoms with van der Waals surface area (Å²) in [6.07, 6.45) is 1.93. The second-order valence-electron chi connectivity index (χ2n) is 4.05. The van der Waals surface area contributed by atoms with Crippen LogP contribution in [0.5, 0.6) is 11.5 Å². The van der Waals surface area contributed by atoms with E-state index >= 15 is 0 Å². The van der Waals surface area contributed by atoms with Crippen molar-refractivity contribution < 1.29 is 9.84 Å². The molecule has 0 aliphatic rings. The van der Waals surface area contributed by atoms with E-state index in [2.05, 4.69) is 0 Å². The molecule has 0 unspecified atom stereocenters. The van der Waals surface area contributed by atoms with Gasteiger partial charge in [0.05, 0.1) is 0 Å². The average Bonchev–Trinajstić information content (AvgIpc) is 2.01. The number of hydrogen-bond donors (Lipinski definition) is 1. The molecule has 2 nitrogen and oxygen atoms in total. The molecule has 3 heteroatoms. The fourth-order valence-corrected chi connectivity index (χ4v) is 1.56. The molecule has 0 aromatic heterocycles. The summed E-state index contributed by atoms with van der Waals surface area (Å²) in [7, 11) is 0. The van der Waals surface area contributed by atoms with Crippen LogP contribution in [-0.4, -0.2) is 17.0 Å². The van der Waals surface area contributed by atoms with E-state index in [1.165, 1.54) is 11.8 Å². The summed E-state index contributed by atoms with van der Waals surface area (Å²) in [6, 6.07) is 5.38. The smallest absolute Gasteiger partial charge is 0.132 e. The fraction of sp³-hybridized carbons (Fsp3) is 0.455. The van der Waals surface area contributed by atoms with Crippen molar-refractivity contribution in [3.63, 3.8) is 0 Å². The zero-order valence-corrected chi connectivity index (χ0v) is 9.81. The zero-order chi connectivity index (χ0) is 10.8. The molecule has 0 saturated heterocycles. The van der Waals surface area contributed by atoms with Crippen molar-refractivity contribution >= 4 is 11.8 Å². The third kappa shape index (κ3) is 3.14. The lowest BCUT2D eigenvalue weighted by atomic mass is 10.2. The minimum atomic E-state index is -0.229. The van der Waals surface area contributed by atoms with Crippen LogP contribution in [0, 0.1) is 0 Å². The Kier molecular flexibility index (Phi) is 3.32. The maximum atomic E-state index is 9.59. The van der Waals surface area contributed by atoms with Crippen molar-refractivity contribution in [2.45, 2.75) is 31.3 Å². The number of phenolic OH excluding ortho intramolecular Hbond substituents is 1. The van der Waals surface area contributed by atoms with E-state index in [-0.39, 0.29) is 11.4 Å². The van der Waals surface area contributed by atoms with Gasteiger partial charge in [-0.15, -0.1) is 11.8 Å². The topological polar surface area (TPSA) is 29.5 Å². The Balaban J connectivity index is 2.87. The molecule has 14 heavy (non-hydrogen) atoms. The lowest BCUT2D eigenvalue weighted by molar-refractivity contribution is 0.130. The highest BCUT2D eigenvalue weighted by Gasteiger charge is 2.12. The maximum Gasteiger partial charge on any atom is 0.132 e. The summed E-state index contributed by atoms with van der Waals surface area (Å²) in [4.78, 5) is 0.867. The lowest BCUT2D eigenvalue weighted by Gasteiger charge is -2.21. The van der Waals surface area contributed by atoms with Crippen molar-refractivity contribution in [2.24, 2.45) is 0 Å². The first-order valence-corrected chi connectivity index (χ1v) is 5.71. The third-order valence-electron chi connectivity index (χ3n) is 1.57. The Labute approximate surface area is 89.3 Å². The highest BCUT2D eigenvalue weighted by atomic mass is 32.2. The van der Waals surface area contributed by atoms with Gasteiger partial charge in [-0.25, -0.2) is 0 Å². The van der Waals surface area contributed by atoms with Crippen LogP contribution in [-0.2, 0) is 0 Å². The van der Waals surface area contributed by atoms with Gasteiger partial charge in [-0.1, -0.05) is 0 Å². The largest absolute Gasteiger partial charge is 0.507 e. The summed E-state index contributed by atoms with van der Waals surface area (Å²) < 4.78 is 5.61. The molecule has 0 radical (unpaired) electrons. The monoisotopic (exact) mass is 212 g/mol. The number of benzene rings is 1. The second-order valence-corrected chi connectivity index (χ2v) is 4.90. The van der Waals surface area contributed by atoms with E-state index in [9.17, 15) is 5.11 Å². The van der Waals surface area contributed by atoms with Gasteiger partial charge in [-0.05, 0) is 39.2 Å². The summed E-state index contributed by atoms with van der Waals surface area (Å²) in [5.41, 5.74) is -0.229. The summed E-state index contributed by atoms with van der Waals surface area (Å²) in [6.45, 7) is 5.94. The number of phenols is 1. The highest BCUT2D eigenvalue weighted by molar-refractivity contribution is 7.98. The molecular weight excluding hydrogens is 196 g/mol. The van der Waals surface area contributed by atoms with Crippen molar-refractivity contribution in [1.29, 1.82) is 0 Å². The van der Waals surface area contributed by atoms with Gasteiger partial charge in [0, 0.05) is 11.0 Å². The van der Waals surface area contributed by atoms with E-state index in [4.69, 9.17) is 4.74 Å². The predicted molar refractivity (Wildman–Crippen MR) is 60.3 cm³/mol. The van der Waals surface area contributed by atoms with Crippen LogP contribution in [0.15, 0.2) is 23.1 Å². The van der Waals surface area contributed by atoms with Gasteiger partial charge in [0.15, 0.2) is 0 Å². The molecule has 1 aromatic rings. The molecule has 0 atom stereocenters. The van der Waals surface area contributed by atoms with Crippen molar-refractivity contribution in [3.8, 4) is 11.5 Å². The number of ether oxygens (including phenoxy) is 1. The number of thioether (sulfide) groups is 1. The predicted octanol–water partition coefficient (Wildman–Crippen LogP) is 3.29. The quantitative estimate of drug-likeness (QED) is 0.763.